The Labute approximate surface area is 155 Å². The van der Waals surface area contributed by atoms with Gasteiger partial charge in [-0.2, -0.15) is 0 Å². The van der Waals surface area contributed by atoms with Crippen LogP contribution in [-0.2, 0) is 12.1 Å². The predicted octanol–water partition coefficient (Wildman–Crippen LogP) is 3.18. The average molecular weight is 355 g/mol. The molecule has 1 aromatic rings. The molecule has 5 heteroatoms. The average Bonchev–Trinajstić information content (AvgIpc) is 3.04. The quantitative estimate of drug-likeness (QED) is 0.874. The summed E-state index contributed by atoms with van der Waals surface area (Å²) in [6.45, 7) is 6.92. The van der Waals surface area contributed by atoms with E-state index in [1.807, 2.05) is 6.92 Å². The molecule has 1 fully saturated rings. The Balaban J connectivity index is 1.79. The van der Waals surface area contributed by atoms with E-state index in [9.17, 15) is 5.11 Å². The van der Waals surface area contributed by atoms with Crippen molar-refractivity contribution in [3.63, 3.8) is 0 Å². The minimum absolute atomic E-state index is 0.0897. The summed E-state index contributed by atoms with van der Waals surface area (Å²) in [7, 11) is 0. The van der Waals surface area contributed by atoms with E-state index >= 15 is 0 Å². The number of hydrogen-bond donors (Lipinski definition) is 2. The normalized spacial score (nSPS) is 32.9. The number of rotatable bonds is 3. The third-order valence-corrected chi connectivity index (χ3v) is 6.20. The van der Waals surface area contributed by atoms with E-state index in [2.05, 4.69) is 32.0 Å². The largest absolute Gasteiger partial charge is 0.493 e. The van der Waals surface area contributed by atoms with E-state index in [4.69, 9.17) is 20.5 Å². The summed E-state index contributed by atoms with van der Waals surface area (Å²) in [5, 5.41) is 10.1. The molecular formula is C21H29N3O2. The molecule has 26 heavy (non-hydrogen) atoms. The van der Waals surface area contributed by atoms with Gasteiger partial charge < -0.3 is 15.6 Å². The molecule has 0 aromatic heterocycles. The summed E-state index contributed by atoms with van der Waals surface area (Å²) >= 11 is 0. The first-order valence-corrected chi connectivity index (χ1v) is 9.72. The smallest absolute Gasteiger partial charge is 0.184 e. The first-order valence-electron chi connectivity index (χ1n) is 9.72. The van der Waals surface area contributed by atoms with E-state index in [-0.39, 0.29) is 11.5 Å². The molecule has 1 aromatic carbocycles. The first-order chi connectivity index (χ1) is 12.4. The standard InChI is InChI=1S/C21H29N3O2/c1-13(2)12-26-17-5-4-15-11-20(8-6-16(25)7-9-20)21(18(15)10-17)23-14(3)19(22)24-21/h4-5,10,13,16,25H,6-9,11-12H2,1-3H3,(H2,22,24)/t16-,20-,21-/m1/s1. The molecule has 5 nitrogen and oxygen atoms in total. The number of aliphatic hydroxyl groups excluding tert-OH is 1. The molecule has 0 bridgehead atoms. The summed E-state index contributed by atoms with van der Waals surface area (Å²) in [6, 6.07) is 6.35. The van der Waals surface area contributed by atoms with Gasteiger partial charge in [-0.3, -0.25) is 4.99 Å². The number of fused-ring (bicyclic) bond motifs is 3. The number of amidine groups is 1. The Morgan fingerprint density at radius 3 is 2.62 bits per heavy atom. The van der Waals surface area contributed by atoms with E-state index in [0.29, 0.717) is 18.4 Å². The lowest BCUT2D eigenvalue weighted by atomic mass is 9.65. The van der Waals surface area contributed by atoms with Gasteiger partial charge in [0.15, 0.2) is 5.66 Å². The molecule has 1 heterocycles. The minimum Gasteiger partial charge on any atom is -0.493 e. The van der Waals surface area contributed by atoms with Crippen molar-refractivity contribution in [3.8, 4) is 5.75 Å². The highest BCUT2D eigenvalue weighted by molar-refractivity contribution is 6.41. The van der Waals surface area contributed by atoms with Gasteiger partial charge in [0.25, 0.3) is 0 Å². The van der Waals surface area contributed by atoms with Crippen molar-refractivity contribution in [2.45, 2.75) is 64.6 Å². The van der Waals surface area contributed by atoms with Crippen molar-refractivity contribution in [1.29, 1.82) is 0 Å². The molecule has 0 saturated heterocycles. The summed E-state index contributed by atoms with van der Waals surface area (Å²) < 4.78 is 5.97. The Hall–Kier alpha value is -1.88. The maximum atomic E-state index is 10.1. The minimum atomic E-state index is -0.645. The highest BCUT2D eigenvalue weighted by Gasteiger charge is 2.60. The second-order valence-electron chi connectivity index (χ2n) is 8.58. The Bertz CT molecular complexity index is 755. The van der Waals surface area contributed by atoms with Gasteiger partial charge >= 0.3 is 0 Å². The van der Waals surface area contributed by atoms with Gasteiger partial charge in [0.05, 0.1) is 18.4 Å². The Kier molecular flexibility index (Phi) is 4.10. The number of benzene rings is 1. The van der Waals surface area contributed by atoms with Gasteiger partial charge in [0, 0.05) is 11.0 Å². The fourth-order valence-corrected chi connectivity index (χ4v) is 4.78. The Morgan fingerprint density at radius 2 is 2.00 bits per heavy atom. The molecule has 1 aliphatic heterocycles. The van der Waals surface area contributed by atoms with E-state index in [1.165, 1.54) is 5.56 Å². The van der Waals surface area contributed by atoms with Crippen LogP contribution in [0.3, 0.4) is 0 Å². The van der Waals surface area contributed by atoms with Crippen LogP contribution in [0.15, 0.2) is 28.2 Å². The molecular weight excluding hydrogens is 326 g/mol. The highest BCUT2D eigenvalue weighted by atomic mass is 16.5. The van der Waals surface area contributed by atoms with Crippen LogP contribution in [0.2, 0.25) is 0 Å². The Morgan fingerprint density at radius 1 is 1.27 bits per heavy atom. The second-order valence-corrected chi connectivity index (χ2v) is 8.58. The molecule has 4 rings (SSSR count). The van der Waals surface area contributed by atoms with E-state index < -0.39 is 5.66 Å². The van der Waals surface area contributed by atoms with Crippen molar-refractivity contribution in [2.24, 2.45) is 27.1 Å². The summed E-state index contributed by atoms with van der Waals surface area (Å²) in [5.41, 5.74) is 8.68. The third-order valence-electron chi connectivity index (χ3n) is 6.20. The number of aliphatic hydroxyl groups is 1. The number of nitrogens with zero attached hydrogens (tertiary/aromatic N) is 2. The number of ether oxygens (including phenoxy) is 1. The van der Waals surface area contributed by atoms with Gasteiger partial charge in [0.1, 0.15) is 11.6 Å². The SMILES string of the molecule is CC1=N[C@@]2(N=C1N)c1cc(OCC(C)C)ccc1C[C@]21CC[C@@H](O)CC1. The highest BCUT2D eigenvalue weighted by Crippen LogP contribution is 2.61. The van der Waals surface area contributed by atoms with Crippen LogP contribution in [0.25, 0.3) is 0 Å². The van der Waals surface area contributed by atoms with Crippen LogP contribution >= 0.6 is 0 Å². The van der Waals surface area contributed by atoms with Crippen molar-refractivity contribution < 1.29 is 9.84 Å². The maximum absolute atomic E-state index is 10.1. The zero-order valence-corrected chi connectivity index (χ0v) is 16.0. The molecule has 3 N–H and O–H groups in total. The summed E-state index contributed by atoms with van der Waals surface area (Å²) in [5.74, 6) is 1.89. The topological polar surface area (TPSA) is 80.2 Å². The molecule has 0 radical (unpaired) electrons. The van der Waals surface area contributed by atoms with Crippen molar-refractivity contribution >= 4 is 11.5 Å². The van der Waals surface area contributed by atoms with E-state index in [0.717, 1.165) is 49.1 Å². The first kappa shape index (κ1) is 17.5. The van der Waals surface area contributed by atoms with Crippen LogP contribution < -0.4 is 10.5 Å². The number of aliphatic imine (C=N–C) groups is 2. The molecule has 140 valence electrons. The van der Waals surface area contributed by atoms with Crippen LogP contribution in [0, 0.1) is 11.3 Å². The fraction of sp³-hybridized carbons (Fsp3) is 0.619. The van der Waals surface area contributed by atoms with Gasteiger partial charge in [0.2, 0.25) is 0 Å². The number of nitrogens with two attached hydrogens (primary N) is 1. The van der Waals surface area contributed by atoms with Crippen LogP contribution in [0.1, 0.15) is 57.6 Å². The van der Waals surface area contributed by atoms with Crippen LogP contribution in [-0.4, -0.2) is 29.4 Å². The van der Waals surface area contributed by atoms with Crippen LogP contribution in [0.4, 0.5) is 0 Å². The van der Waals surface area contributed by atoms with E-state index in [1.54, 1.807) is 0 Å². The fourth-order valence-electron chi connectivity index (χ4n) is 4.78. The van der Waals surface area contributed by atoms with Crippen molar-refractivity contribution in [1.82, 2.24) is 0 Å². The van der Waals surface area contributed by atoms with Crippen molar-refractivity contribution in [3.05, 3.63) is 29.3 Å². The second kappa shape index (κ2) is 6.08. The van der Waals surface area contributed by atoms with Gasteiger partial charge in [-0.1, -0.05) is 19.9 Å². The van der Waals surface area contributed by atoms with Gasteiger partial charge in [-0.15, -0.1) is 0 Å². The lowest BCUT2D eigenvalue weighted by Crippen LogP contribution is -2.43. The summed E-state index contributed by atoms with van der Waals surface area (Å²) in [6.07, 6.45) is 4.16. The summed E-state index contributed by atoms with van der Waals surface area (Å²) in [4.78, 5) is 9.96. The lowest BCUT2D eigenvalue weighted by molar-refractivity contribution is 0.0233. The molecule has 1 saturated carbocycles. The molecule has 1 atom stereocenters. The lowest BCUT2D eigenvalue weighted by Gasteiger charge is -2.44. The maximum Gasteiger partial charge on any atom is 0.184 e. The van der Waals surface area contributed by atoms with Gasteiger partial charge in [-0.25, -0.2) is 4.99 Å². The predicted molar refractivity (Wildman–Crippen MR) is 104 cm³/mol. The molecule has 0 amide bonds. The molecule has 3 aliphatic rings. The molecule has 0 unspecified atom stereocenters. The molecule has 2 aliphatic carbocycles. The zero-order valence-electron chi connectivity index (χ0n) is 16.0. The third kappa shape index (κ3) is 2.56. The zero-order chi connectivity index (χ0) is 18.5. The molecule has 2 spiro atoms. The number of hydrogen-bond acceptors (Lipinski definition) is 5. The monoisotopic (exact) mass is 355 g/mol. The van der Waals surface area contributed by atoms with Crippen molar-refractivity contribution in [2.75, 3.05) is 6.61 Å². The van der Waals surface area contributed by atoms with Gasteiger partial charge in [-0.05, 0) is 62.6 Å². The van der Waals surface area contributed by atoms with Crippen LogP contribution in [0.5, 0.6) is 5.75 Å².